The second kappa shape index (κ2) is 3.95. The summed E-state index contributed by atoms with van der Waals surface area (Å²) < 4.78 is 2.16. The predicted molar refractivity (Wildman–Crippen MR) is 78.1 cm³/mol. The molecular weight excluding hydrogens is 232 g/mol. The van der Waals surface area contributed by atoms with Crippen molar-refractivity contribution in [2.45, 2.75) is 0 Å². The molecule has 0 atom stereocenters. The summed E-state index contributed by atoms with van der Waals surface area (Å²) in [6.07, 6.45) is 3.98. The van der Waals surface area contributed by atoms with E-state index < -0.39 is 0 Å². The predicted octanol–water partition coefficient (Wildman–Crippen LogP) is 4.15. The Bertz CT molecular complexity index is 860. The van der Waals surface area contributed by atoms with E-state index in [-0.39, 0.29) is 0 Å². The Labute approximate surface area is 111 Å². The van der Waals surface area contributed by atoms with Crippen molar-refractivity contribution >= 4 is 16.6 Å². The second-order valence-electron chi connectivity index (χ2n) is 4.63. The molecule has 90 valence electrons. The van der Waals surface area contributed by atoms with Gasteiger partial charge in [0.1, 0.15) is 0 Å². The molecule has 0 unspecified atom stereocenters. The van der Waals surface area contributed by atoms with Crippen LogP contribution in [0.1, 0.15) is 0 Å². The van der Waals surface area contributed by atoms with Crippen LogP contribution in [0.5, 0.6) is 0 Å². The molecule has 0 amide bonds. The number of aromatic nitrogens is 2. The van der Waals surface area contributed by atoms with Crippen LogP contribution < -0.4 is 0 Å². The van der Waals surface area contributed by atoms with Crippen molar-refractivity contribution in [2.75, 3.05) is 0 Å². The van der Waals surface area contributed by atoms with Crippen molar-refractivity contribution in [2.24, 2.45) is 0 Å². The molecule has 0 aliphatic carbocycles. The summed E-state index contributed by atoms with van der Waals surface area (Å²) in [6, 6.07) is 20.9. The molecule has 0 saturated heterocycles. The lowest BCUT2D eigenvalue weighted by atomic mass is 10.1. The zero-order valence-corrected chi connectivity index (χ0v) is 10.3. The van der Waals surface area contributed by atoms with Crippen molar-refractivity contribution < 1.29 is 0 Å². The van der Waals surface area contributed by atoms with Gasteiger partial charge < -0.3 is 4.40 Å². The van der Waals surface area contributed by atoms with Gasteiger partial charge >= 0.3 is 0 Å². The van der Waals surface area contributed by atoms with Gasteiger partial charge in [-0.05, 0) is 35.4 Å². The molecule has 2 aromatic carbocycles. The van der Waals surface area contributed by atoms with Gasteiger partial charge in [-0.3, -0.25) is 4.98 Å². The van der Waals surface area contributed by atoms with Crippen molar-refractivity contribution in [3.8, 4) is 11.1 Å². The highest BCUT2D eigenvalue weighted by Crippen LogP contribution is 2.23. The summed E-state index contributed by atoms with van der Waals surface area (Å²) >= 11 is 0. The first-order chi connectivity index (χ1) is 9.42. The summed E-state index contributed by atoms with van der Waals surface area (Å²) in [6.45, 7) is 0. The first-order valence-electron chi connectivity index (χ1n) is 6.33. The molecular formula is C17H12N2. The van der Waals surface area contributed by atoms with Crippen LogP contribution in [0.25, 0.3) is 27.7 Å². The summed E-state index contributed by atoms with van der Waals surface area (Å²) in [5, 5.41) is 0. The van der Waals surface area contributed by atoms with Gasteiger partial charge in [0.05, 0.1) is 22.7 Å². The van der Waals surface area contributed by atoms with E-state index in [9.17, 15) is 0 Å². The zero-order chi connectivity index (χ0) is 12.7. The van der Waals surface area contributed by atoms with E-state index in [1.54, 1.807) is 0 Å². The first kappa shape index (κ1) is 10.3. The third kappa shape index (κ3) is 1.61. The van der Waals surface area contributed by atoms with Crippen molar-refractivity contribution in [1.82, 2.24) is 9.38 Å². The van der Waals surface area contributed by atoms with Gasteiger partial charge in [0.25, 0.3) is 0 Å². The van der Waals surface area contributed by atoms with Crippen LogP contribution in [-0.4, -0.2) is 9.38 Å². The standard InChI is InChI=1S/C17H12N2/c1-2-5-13(6-3-1)14-8-9-17-16(11-14)18-12-15-7-4-10-19(15)17/h1-12H. The van der Waals surface area contributed by atoms with Crippen LogP contribution in [0.4, 0.5) is 0 Å². The molecule has 0 aliphatic heterocycles. The fraction of sp³-hybridized carbons (Fsp3) is 0. The maximum absolute atomic E-state index is 4.55. The average molecular weight is 244 g/mol. The summed E-state index contributed by atoms with van der Waals surface area (Å²) in [4.78, 5) is 4.55. The highest BCUT2D eigenvalue weighted by Gasteiger charge is 2.03. The monoisotopic (exact) mass is 244 g/mol. The third-order valence-corrected chi connectivity index (χ3v) is 3.46. The smallest absolute Gasteiger partial charge is 0.0877 e. The Hall–Kier alpha value is -2.61. The van der Waals surface area contributed by atoms with Gasteiger partial charge in [-0.25, -0.2) is 0 Å². The number of rotatable bonds is 1. The van der Waals surface area contributed by atoms with E-state index in [4.69, 9.17) is 0 Å². The normalized spacial score (nSPS) is 11.2. The lowest BCUT2D eigenvalue weighted by Crippen LogP contribution is -1.89. The van der Waals surface area contributed by atoms with Gasteiger partial charge in [0, 0.05) is 6.20 Å². The third-order valence-electron chi connectivity index (χ3n) is 3.46. The average Bonchev–Trinajstić information content (AvgIpc) is 2.96. The molecule has 4 aromatic rings. The maximum Gasteiger partial charge on any atom is 0.0877 e. The Morgan fingerprint density at radius 1 is 0.789 bits per heavy atom. The van der Waals surface area contributed by atoms with Gasteiger partial charge in [-0.1, -0.05) is 36.4 Å². The number of nitrogens with zero attached hydrogens (tertiary/aromatic N) is 2. The van der Waals surface area contributed by atoms with Crippen LogP contribution in [-0.2, 0) is 0 Å². The number of hydrogen-bond donors (Lipinski definition) is 0. The van der Waals surface area contributed by atoms with Crippen LogP contribution >= 0.6 is 0 Å². The van der Waals surface area contributed by atoms with E-state index in [1.165, 1.54) is 11.1 Å². The number of fused-ring (bicyclic) bond motifs is 3. The summed E-state index contributed by atoms with van der Waals surface area (Å²) in [7, 11) is 0. The Balaban J connectivity index is 1.99. The fourth-order valence-electron chi connectivity index (χ4n) is 2.50. The van der Waals surface area contributed by atoms with Crippen LogP contribution in [0.15, 0.2) is 73.1 Å². The highest BCUT2D eigenvalue weighted by atomic mass is 14.9. The summed E-state index contributed by atoms with van der Waals surface area (Å²) in [5.74, 6) is 0. The van der Waals surface area contributed by atoms with Crippen LogP contribution in [0.2, 0.25) is 0 Å². The molecule has 0 spiro atoms. The van der Waals surface area contributed by atoms with E-state index in [0.29, 0.717) is 0 Å². The molecule has 4 rings (SSSR count). The minimum Gasteiger partial charge on any atom is -0.314 e. The zero-order valence-electron chi connectivity index (χ0n) is 10.3. The second-order valence-corrected chi connectivity index (χ2v) is 4.63. The lowest BCUT2D eigenvalue weighted by Gasteiger charge is -2.05. The summed E-state index contributed by atoms with van der Waals surface area (Å²) in [5.41, 5.74) is 5.71. The number of hydrogen-bond acceptors (Lipinski definition) is 1. The van der Waals surface area contributed by atoms with Crippen molar-refractivity contribution in [3.05, 3.63) is 73.1 Å². The van der Waals surface area contributed by atoms with E-state index in [0.717, 1.165) is 16.6 Å². The Kier molecular flexibility index (Phi) is 2.15. The molecule has 2 aromatic heterocycles. The molecule has 0 aliphatic rings. The highest BCUT2D eigenvalue weighted by molar-refractivity contribution is 5.83. The first-order valence-corrected chi connectivity index (χ1v) is 6.33. The largest absolute Gasteiger partial charge is 0.314 e. The van der Waals surface area contributed by atoms with Crippen molar-refractivity contribution in [1.29, 1.82) is 0 Å². The molecule has 19 heavy (non-hydrogen) atoms. The van der Waals surface area contributed by atoms with Gasteiger partial charge in [-0.15, -0.1) is 0 Å². The van der Waals surface area contributed by atoms with Gasteiger partial charge in [-0.2, -0.15) is 0 Å². The molecule has 0 saturated carbocycles. The van der Waals surface area contributed by atoms with Gasteiger partial charge in [0.15, 0.2) is 0 Å². The minimum atomic E-state index is 1.02. The number of benzene rings is 2. The van der Waals surface area contributed by atoms with Crippen LogP contribution in [0, 0.1) is 0 Å². The topological polar surface area (TPSA) is 17.3 Å². The Morgan fingerprint density at radius 3 is 2.58 bits per heavy atom. The van der Waals surface area contributed by atoms with E-state index in [2.05, 4.69) is 64.1 Å². The van der Waals surface area contributed by atoms with Gasteiger partial charge in [0.2, 0.25) is 0 Å². The molecule has 0 fully saturated rings. The molecule has 2 nitrogen and oxygen atoms in total. The SMILES string of the molecule is c1ccc(-c2ccc3c(c2)ncc2cccn23)cc1. The van der Waals surface area contributed by atoms with E-state index >= 15 is 0 Å². The fourth-order valence-corrected chi connectivity index (χ4v) is 2.50. The molecule has 0 N–H and O–H groups in total. The molecule has 0 radical (unpaired) electrons. The molecule has 2 heteroatoms. The minimum absolute atomic E-state index is 1.02. The molecule has 0 bridgehead atoms. The van der Waals surface area contributed by atoms with Crippen LogP contribution in [0.3, 0.4) is 0 Å². The van der Waals surface area contributed by atoms with Crippen molar-refractivity contribution in [3.63, 3.8) is 0 Å². The maximum atomic E-state index is 4.55. The Morgan fingerprint density at radius 2 is 1.68 bits per heavy atom. The molecule has 2 heterocycles. The quantitative estimate of drug-likeness (QED) is 0.491. The van der Waals surface area contributed by atoms with E-state index in [1.807, 2.05) is 18.3 Å². The lowest BCUT2D eigenvalue weighted by molar-refractivity contribution is 1.23.